The van der Waals surface area contributed by atoms with Crippen LogP contribution in [0, 0.1) is 5.92 Å². The number of rotatable bonds is 2. The molecule has 2 unspecified atom stereocenters. The van der Waals surface area contributed by atoms with Crippen molar-refractivity contribution < 1.29 is 9.84 Å². The third-order valence-corrected chi connectivity index (χ3v) is 2.99. The SMILES string of the molecule is OC1CNCCN(CC2CCOC2)C1. The first-order chi connectivity index (χ1) is 6.84. The standard InChI is InChI=1S/C10H20N2O2/c13-10-5-11-2-3-12(7-10)6-9-1-4-14-8-9/h9-11,13H,1-8H2. The number of β-amino-alcohol motifs (C(OH)–C–C–N with tert-alkyl or cyclic N) is 1. The van der Waals surface area contributed by atoms with E-state index in [9.17, 15) is 5.11 Å². The van der Waals surface area contributed by atoms with Crippen molar-refractivity contribution in [3.63, 3.8) is 0 Å². The van der Waals surface area contributed by atoms with Crippen molar-refractivity contribution in [2.24, 2.45) is 5.92 Å². The lowest BCUT2D eigenvalue weighted by molar-refractivity contribution is 0.115. The number of nitrogens with zero attached hydrogens (tertiary/aromatic N) is 1. The van der Waals surface area contributed by atoms with Gasteiger partial charge in [-0.1, -0.05) is 0 Å². The molecule has 2 heterocycles. The van der Waals surface area contributed by atoms with Crippen molar-refractivity contribution in [2.45, 2.75) is 12.5 Å². The predicted molar refractivity (Wildman–Crippen MR) is 54.2 cm³/mol. The molecule has 0 aromatic rings. The van der Waals surface area contributed by atoms with Gasteiger partial charge in [-0.25, -0.2) is 0 Å². The first kappa shape index (κ1) is 10.4. The predicted octanol–water partition coefficient (Wildman–Crippen LogP) is -0.711. The van der Waals surface area contributed by atoms with Gasteiger partial charge in [0.25, 0.3) is 0 Å². The molecule has 0 aromatic heterocycles. The zero-order valence-corrected chi connectivity index (χ0v) is 8.61. The zero-order valence-electron chi connectivity index (χ0n) is 8.61. The first-order valence-electron chi connectivity index (χ1n) is 5.53. The highest BCUT2D eigenvalue weighted by molar-refractivity contribution is 4.76. The molecule has 2 aliphatic rings. The molecular formula is C10H20N2O2. The van der Waals surface area contributed by atoms with E-state index in [4.69, 9.17) is 4.74 Å². The molecule has 0 radical (unpaired) electrons. The summed E-state index contributed by atoms with van der Waals surface area (Å²) in [6.45, 7) is 6.48. The zero-order chi connectivity index (χ0) is 9.80. The van der Waals surface area contributed by atoms with Crippen LogP contribution in [0.15, 0.2) is 0 Å². The number of ether oxygens (including phenoxy) is 1. The lowest BCUT2D eigenvalue weighted by Gasteiger charge is -2.23. The molecule has 2 aliphatic heterocycles. The molecule has 2 N–H and O–H groups in total. The Bertz CT molecular complexity index is 172. The van der Waals surface area contributed by atoms with E-state index in [2.05, 4.69) is 10.2 Å². The van der Waals surface area contributed by atoms with Crippen molar-refractivity contribution in [2.75, 3.05) is 45.9 Å². The quantitative estimate of drug-likeness (QED) is 0.618. The van der Waals surface area contributed by atoms with Gasteiger partial charge in [0.2, 0.25) is 0 Å². The number of hydrogen-bond donors (Lipinski definition) is 2. The molecule has 4 nitrogen and oxygen atoms in total. The molecule has 0 aliphatic carbocycles. The molecule has 2 fully saturated rings. The van der Waals surface area contributed by atoms with Gasteiger partial charge in [0.05, 0.1) is 12.7 Å². The topological polar surface area (TPSA) is 44.7 Å². The Hall–Kier alpha value is -0.160. The van der Waals surface area contributed by atoms with E-state index in [1.54, 1.807) is 0 Å². The summed E-state index contributed by atoms with van der Waals surface area (Å²) in [5, 5.41) is 12.8. The molecule has 0 bridgehead atoms. The average molecular weight is 200 g/mol. The third-order valence-electron chi connectivity index (χ3n) is 2.99. The van der Waals surface area contributed by atoms with Crippen LogP contribution in [0.1, 0.15) is 6.42 Å². The number of aliphatic hydroxyl groups is 1. The Balaban J connectivity index is 1.77. The lowest BCUT2D eigenvalue weighted by atomic mass is 10.1. The fourth-order valence-corrected chi connectivity index (χ4v) is 2.22. The largest absolute Gasteiger partial charge is 0.390 e. The summed E-state index contributed by atoms with van der Waals surface area (Å²) in [5.74, 6) is 0.681. The van der Waals surface area contributed by atoms with Crippen molar-refractivity contribution >= 4 is 0 Å². The van der Waals surface area contributed by atoms with Gasteiger partial charge in [-0.15, -0.1) is 0 Å². The van der Waals surface area contributed by atoms with Crippen LogP contribution in [0.25, 0.3) is 0 Å². The normalized spacial score (nSPS) is 35.8. The maximum Gasteiger partial charge on any atom is 0.0791 e. The molecule has 82 valence electrons. The number of hydrogen-bond acceptors (Lipinski definition) is 4. The molecule has 2 atom stereocenters. The summed E-state index contributed by atoms with van der Waals surface area (Å²) in [4.78, 5) is 2.35. The number of nitrogens with one attached hydrogen (secondary N) is 1. The fourth-order valence-electron chi connectivity index (χ4n) is 2.22. The average Bonchev–Trinajstić information content (AvgIpc) is 2.56. The van der Waals surface area contributed by atoms with E-state index in [-0.39, 0.29) is 6.10 Å². The summed E-state index contributed by atoms with van der Waals surface area (Å²) < 4.78 is 5.35. The smallest absolute Gasteiger partial charge is 0.0791 e. The molecule has 14 heavy (non-hydrogen) atoms. The van der Waals surface area contributed by atoms with Gasteiger partial charge in [-0.3, -0.25) is 4.90 Å². The molecule has 0 spiro atoms. The van der Waals surface area contributed by atoms with Crippen molar-refractivity contribution in [1.82, 2.24) is 10.2 Å². The molecular weight excluding hydrogens is 180 g/mol. The van der Waals surface area contributed by atoms with Gasteiger partial charge >= 0.3 is 0 Å². The summed E-state index contributed by atoms with van der Waals surface area (Å²) in [5.41, 5.74) is 0. The van der Waals surface area contributed by atoms with Crippen LogP contribution in [-0.2, 0) is 4.74 Å². The Labute approximate surface area is 85.2 Å². The van der Waals surface area contributed by atoms with Crippen LogP contribution in [-0.4, -0.2) is 62.0 Å². The second-order valence-electron chi connectivity index (χ2n) is 4.35. The van der Waals surface area contributed by atoms with E-state index in [0.29, 0.717) is 5.92 Å². The third kappa shape index (κ3) is 2.92. The highest BCUT2D eigenvalue weighted by atomic mass is 16.5. The van der Waals surface area contributed by atoms with Gasteiger partial charge in [-0.05, 0) is 12.3 Å². The Morgan fingerprint density at radius 1 is 1.50 bits per heavy atom. The van der Waals surface area contributed by atoms with Crippen LogP contribution in [0.3, 0.4) is 0 Å². The van der Waals surface area contributed by atoms with E-state index in [0.717, 1.165) is 45.9 Å². The van der Waals surface area contributed by atoms with Crippen LogP contribution in [0.4, 0.5) is 0 Å². The molecule has 0 saturated carbocycles. The Morgan fingerprint density at radius 2 is 2.43 bits per heavy atom. The van der Waals surface area contributed by atoms with E-state index in [1.165, 1.54) is 6.42 Å². The summed E-state index contributed by atoms with van der Waals surface area (Å²) in [7, 11) is 0. The van der Waals surface area contributed by atoms with Gasteiger partial charge in [0.15, 0.2) is 0 Å². The second-order valence-corrected chi connectivity index (χ2v) is 4.35. The van der Waals surface area contributed by atoms with Crippen molar-refractivity contribution in [3.8, 4) is 0 Å². The Kier molecular flexibility index (Phi) is 3.75. The second kappa shape index (κ2) is 5.07. The highest BCUT2D eigenvalue weighted by Gasteiger charge is 2.21. The van der Waals surface area contributed by atoms with E-state index >= 15 is 0 Å². The van der Waals surface area contributed by atoms with E-state index < -0.39 is 0 Å². The van der Waals surface area contributed by atoms with Crippen molar-refractivity contribution in [1.29, 1.82) is 0 Å². The molecule has 0 amide bonds. The molecule has 2 saturated heterocycles. The minimum absolute atomic E-state index is 0.208. The fraction of sp³-hybridized carbons (Fsp3) is 1.00. The van der Waals surface area contributed by atoms with Crippen LogP contribution in [0.2, 0.25) is 0 Å². The molecule has 0 aromatic carbocycles. The lowest BCUT2D eigenvalue weighted by Crippen LogP contribution is -2.36. The molecule has 2 rings (SSSR count). The van der Waals surface area contributed by atoms with Crippen molar-refractivity contribution in [3.05, 3.63) is 0 Å². The minimum atomic E-state index is -0.208. The van der Waals surface area contributed by atoms with Crippen LogP contribution >= 0.6 is 0 Å². The monoisotopic (exact) mass is 200 g/mol. The maximum absolute atomic E-state index is 9.60. The minimum Gasteiger partial charge on any atom is -0.390 e. The van der Waals surface area contributed by atoms with Crippen LogP contribution < -0.4 is 5.32 Å². The first-order valence-corrected chi connectivity index (χ1v) is 5.53. The van der Waals surface area contributed by atoms with Gasteiger partial charge in [-0.2, -0.15) is 0 Å². The Morgan fingerprint density at radius 3 is 3.21 bits per heavy atom. The number of aliphatic hydroxyl groups excluding tert-OH is 1. The summed E-state index contributed by atoms with van der Waals surface area (Å²) >= 11 is 0. The van der Waals surface area contributed by atoms with Crippen LogP contribution in [0.5, 0.6) is 0 Å². The summed E-state index contributed by atoms with van der Waals surface area (Å²) in [6.07, 6.45) is 0.972. The molecule has 4 heteroatoms. The van der Waals surface area contributed by atoms with Gasteiger partial charge in [0, 0.05) is 39.3 Å². The van der Waals surface area contributed by atoms with E-state index in [1.807, 2.05) is 0 Å². The van der Waals surface area contributed by atoms with Gasteiger partial charge in [0.1, 0.15) is 0 Å². The maximum atomic E-state index is 9.60. The summed E-state index contributed by atoms with van der Waals surface area (Å²) in [6, 6.07) is 0. The van der Waals surface area contributed by atoms with Gasteiger partial charge < -0.3 is 15.2 Å². The highest BCUT2D eigenvalue weighted by Crippen LogP contribution is 2.14.